The number of carbonyl (C=O) groups is 1. The van der Waals surface area contributed by atoms with Crippen LogP contribution in [0.15, 0.2) is 59.8 Å². The average Bonchev–Trinajstić information content (AvgIpc) is 3.07. The molecule has 148 valence electrons. The highest BCUT2D eigenvalue weighted by molar-refractivity contribution is 7.91. The van der Waals surface area contributed by atoms with Crippen molar-refractivity contribution in [2.45, 2.75) is 44.0 Å². The molecule has 0 spiro atoms. The average molecular weight is 400 g/mol. The number of hydrogen-bond acceptors (Lipinski definition) is 4. The highest BCUT2D eigenvalue weighted by Gasteiger charge is 2.19. The molecule has 28 heavy (non-hydrogen) atoms. The Balaban J connectivity index is 1.57. The van der Waals surface area contributed by atoms with Gasteiger partial charge in [0.25, 0.3) is 0 Å². The summed E-state index contributed by atoms with van der Waals surface area (Å²) in [6, 6.07) is 12.6. The maximum absolute atomic E-state index is 12.5. The van der Waals surface area contributed by atoms with Crippen LogP contribution in [0.2, 0.25) is 0 Å². The number of carbonyl (C=O) groups excluding carboxylic acids is 1. The number of pyridine rings is 1. The lowest BCUT2D eigenvalue weighted by Crippen LogP contribution is -2.26. The van der Waals surface area contributed by atoms with E-state index in [9.17, 15) is 13.2 Å². The lowest BCUT2D eigenvalue weighted by molar-refractivity contribution is -0.120. The van der Waals surface area contributed by atoms with Crippen molar-refractivity contribution in [3.05, 3.63) is 66.2 Å². The van der Waals surface area contributed by atoms with E-state index < -0.39 is 9.84 Å². The number of benzene rings is 1. The smallest absolute Gasteiger partial charge is 0.221 e. The Morgan fingerprint density at radius 3 is 2.50 bits per heavy atom. The number of fused-ring (bicyclic) bond motifs is 1. The molecule has 0 atom stereocenters. The normalized spacial score (nSPS) is 12.2. The first kappa shape index (κ1) is 20.1. The molecule has 0 aliphatic heterocycles. The van der Waals surface area contributed by atoms with Gasteiger partial charge in [0.1, 0.15) is 5.82 Å². The molecular weight excluding hydrogens is 374 g/mol. The lowest BCUT2D eigenvalue weighted by atomic mass is 9.87. The van der Waals surface area contributed by atoms with Gasteiger partial charge >= 0.3 is 0 Å². The molecule has 0 bridgehead atoms. The van der Waals surface area contributed by atoms with E-state index in [0.717, 1.165) is 11.1 Å². The number of sulfone groups is 1. The maximum atomic E-state index is 12.5. The van der Waals surface area contributed by atoms with Crippen LogP contribution >= 0.6 is 0 Å². The van der Waals surface area contributed by atoms with E-state index in [0.29, 0.717) is 5.82 Å². The van der Waals surface area contributed by atoms with Gasteiger partial charge in [-0.25, -0.2) is 13.4 Å². The van der Waals surface area contributed by atoms with E-state index in [4.69, 9.17) is 0 Å². The zero-order chi connectivity index (χ0) is 20.4. The van der Waals surface area contributed by atoms with Crippen molar-refractivity contribution in [1.29, 1.82) is 0 Å². The van der Waals surface area contributed by atoms with Crippen LogP contribution in [0.3, 0.4) is 0 Å². The highest BCUT2D eigenvalue weighted by atomic mass is 32.2. The van der Waals surface area contributed by atoms with Crippen LogP contribution in [-0.4, -0.2) is 29.5 Å². The number of rotatable bonds is 6. The summed E-state index contributed by atoms with van der Waals surface area (Å²) in [7, 11) is -3.51. The fourth-order valence-electron chi connectivity index (χ4n) is 2.90. The number of nitrogens with one attached hydrogen (secondary N) is 1. The second-order valence-corrected chi connectivity index (χ2v) is 9.90. The van der Waals surface area contributed by atoms with Gasteiger partial charge in [0, 0.05) is 12.6 Å². The second-order valence-electron chi connectivity index (χ2n) is 7.79. The standard InChI is InChI=1S/C21H25N3O3S/c1-21(2,3)16-7-9-18(10-8-16)28(26,27)13-11-20(25)23-15-19-22-14-17-6-4-5-12-24(17)19/h4-10,12,14H,11,13,15H2,1-3H3,(H,23,25). The van der Waals surface area contributed by atoms with Gasteiger partial charge < -0.3 is 9.72 Å². The summed E-state index contributed by atoms with van der Waals surface area (Å²) in [4.78, 5) is 16.7. The molecule has 0 fully saturated rings. The van der Waals surface area contributed by atoms with Crippen LogP contribution in [0, 0.1) is 0 Å². The molecule has 1 amide bonds. The highest BCUT2D eigenvalue weighted by Crippen LogP contribution is 2.23. The van der Waals surface area contributed by atoms with Crippen molar-refractivity contribution in [2.24, 2.45) is 0 Å². The zero-order valence-electron chi connectivity index (χ0n) is 16.3. The molecule has 7 heteroatoms. The maximum Gasteiger partial charge on any atom is 0.221 e. The van der Waals surface area contributed by atoms with Crippen LogP contribution in [0.25, 0.3) is 5.52 Å². The van der Waals surface area contributed by atoms with Gasteiger partial charge in [-0.05, 0) is 35.2 Å². The molecule has 0 saturated heterocycles. The molecule has 2 aromatic heterocycles. The minimum atomic E-state index is -3.51. The van der Waals surface area contributed by atoms with Crippen LogP contribution in [0.1, 0.15) is 38.6 Å². The zero-order valence-corrected chi connectivity index (χ0v) is 17.2. The Kier molecular flexibility index (Phi) is 5.56. The van der Waals surface area contributed by atoms with Crippen molar-refractivity contribution in [1.82, 2.24) is 14.7 Å². The molecule has 3 aromatic rings. The molecular formula is C21H25N3O3S. The Bertz CT molecular complexity index is 1080. The number of aromatic nitrogens is 2. The fourth-order valence-corrected chi connectivity index (χ4v) is 4.14. The number of imidazole rings is 1. The van der Waals surface area contributed by atoms with Gasteiger partial charge in [0.05, 0.1) is 28.9 Å². The molecule has 0 unspecified atom stereocenters. The third-order valence-electron chi connectivity index (χ3n) is 4.64. The van der Waals surface area contributed by atoms with E-state index in [1.165, 1.54) is 0 Å². The summed E-state index contributed by atoms with van der Waals surface area (Å²) in [6.45, 7) is 6.47. The summed E-state index contributed by atoms with van der Waals surface area (Å²) in [5.41, 5.74) is 1.96. The van der Waals surface area contributed by atoms with Crippen LogP contribution < -0.4 is 5.32 Å². The summed E-state index contributed by atoms with van der Waals surface area (Å²) in [5.74, 6) is 0.155. The molecule has 0 radical (unpaired) electrons. The number of hydrogen-bond donors (Lipinski definition) is 1. The molecule has 2 heterocycles. The third-order valence-corrected chi connectivity index (χ3v) is 6.37. The molecule has 6 nitrogen and oxygen atoms in total. The van der Waals surface area contributed by atoms with E-state index in [-0.39, 0.29) is 34.9 Å². The van der Waals surface area contributed by atoms with Crippen molar-refractivity contribution >= 4 is 21.3 Å². The summed E-state index contributed by atoms with van der Waals surface area (Å²) >= 11 is 0. The minimum absolute atomic E-state index is 0.0425. The van der Waals surface area contributed by atoms with E-state index in [2.05, 4.69) is 31.1 Å². The van der Waals surface area contributed by atoms with E-state index >= 15 is 0 Å². The molecule has 0 saturated carbocycles. The summed E-state index contributed by atoms with van der Waals surface area (Å²) < 4.78 is 26.9. The molecule has 3 rings (SSSR count). The number of amides is 1. The predicted octanol–water partition coefficient (Wildman–Crippen LogP) is 3.11. The summed E-state index contributed by atoms with van der Waals surface area (Å²) in [6.07, 6.45) is 3.51. The van der Waals surface area contributed by atoms with Crippen molar-refractivity contribution in [3.63, 3.8) is 0 Å². The third kappa shape index (κ3) is 4.59. The molecule has 1 N–H and O–H groups in total. The van der Waals surface area contributed by atoms with E-state index in [1.54, 1.807) is 18.3 Å². The Labute approximate surface area is 165 Å². The largest absolute Gasteiger partial charge is 0.349 e. The van der Waals surface area contributed by atoms with Gasteiger partial charge in [-0.15, -0.1) is 0 Å². The first-order valence-electron chi connectivity index (χ1n) is 9.18. The number of nitrogens with zero attached hydrogens (tertiary/aromatic N) is 2. The molecule has 1 aromatic carbocycles. The van der Waals surface area contributed by atoms with Crippen molar-refractivity contribution < 1.29 is 13.2 Å². The predicted molar refractivity (Wildman–Crippen MR) is 109 cm³/mol. The molecule has 0 aliphatic rings. The topological polar surface area (TPSA) is 80.5 Å². The lowest BCUT2D eigenvalue weighted by Gasteiger charge is -2.19. The van der Waals surface area contributed by atoms with Crippen molar-refractivity contribution in [2.75, 3.05) is 5.75 Å². The van der Waals surface area contributed by atoms with E-state index in [1.807, 2.05) is 40.9 Å². The van der Waals surface area contributed by atoms with Crippen molar-refractivity contribution in [3.8, 4) is 0 Å². The SMILES string of the molecule is CC(C)(C)c1ccc(S(=O)(=O)CCC(=O)NCc2ncc3ccccn23)cc1. The second kappa shape index (κ2) is 7.75. The fraction of sp³-hybridized carbons (Fsp3) is 0.333. The van der Waals surface area contributed by atoms with Crippen LogP contribution in [0.4, 0.5) is 0 Å². The van der Waals surface area contributed by atoms with Gasteiger partial charge in [0.2, 0.25) is 5.91 Å². The minimum Gasteiger partial charge on any atom is -0.349 e. The molecule has 0 aliphatic carbocycles. The quantitative estimate of drug-likeness (QED) is 0.691. The Morgan fingerprint density at radius 1 is 1.11 bits per heavy atom. The first-order valence-corrected chi connectivity index (χ1v) is 10.8. The van der Waals surface area contributed by atoms with Gasteiger partial charge in [0.15, 0.2) is 9.84 Å². The van der Waals surface area contributed by atoms with Crippen LogP contribution in [0.5, 0.6) is 0 Å². The van der Waals surface area contributed by atoms with Gasteiger partial charge in [-0.1, -0.05) is 39.0 Å². The van der Waals surface area contributed by atoms with Gasteiger partial charge in [-0.2, -0.15) is 0 Å². The van der Waals surface area contributed by atoms with Crippen LogP contribution in [-0.2, 0) is 26.6 Å². The van der Waals surface area contributed by atoms with Gasteiger partial charge in [-0.3, -0.25) is 4.79 Å². The monoisotopic (exact) mass is 399 g/mol. The first-order chi connectivity index (χ1) is 13.2. The Morgan fingerprint density at radius 2 is 1.82 bits per heavy atom. The summed E-state index contributed by atoms with van der Waals surface area (Å²) in [5, 5.41) is 2.74. The Hall–Kier alpha value is -2.67.